The topological polar surface area (TPSA) is 12.0 Å². The van der Waals surface area contributed by atoms with Gasteiger partial charge in [-0.25, -0.2) is 0 Å². The number of allylic oxidation sites excluding steroid dienone is 1. The Bertz CT molecular complexity index is 391. The van der Waals surface area contributed by atoms with Crippen molar-refractivity contribution in [2.75, 3.05) is 13.1 Å². The first kappa shape index (κ1) is 22.9. The van der Waals surface area contributed by atoms with Gasteiger partial charge in [0.05, 0.1) is 0 Å². The van der Waals surface area contributed by atoms with Crippen molar-refractivity contribution in [1.29, 1.82) is 0 Å². The van der Waals surface area contributed by atoms with Crippen LogP contribution in [0.3, 0.4) is 0 Å². The molecule has 0 amide bonds. The van der Waals surface area contributed by atoms with E-state index in [2.05, 4.69) is 50.0 Å². The Labute approximate surface area is 152 Å². The van der Waals surface area contributed by atoms with Gasteiger partial charge in [-0.15, -0.1) is 6.58 Å². The summed E-state index contributed by atoms with van der Waals surface area (Å²) in [6, 6.07) is 9.24. The minimum atomic E-state index is 1.08. The zero-order valence-electron chi connectivity index (χ0n) is 16.8. The summed E-state index contributed by atoms with van der Waals surface area (Å²) < 4.78 is 0. The monoisotopic (exact) mass is 331 g/mol. The summed E-state index contributed by atoms with van der Waals surface area (Å²) in [5.74, 6) is 0. The van der Waals surface area contributed by atoms with Crippen LogP contribution in [0.15, 0.2) is 36.4 Å². The molecule has 1 heteroatoms. The molecule has 0 saturated heterocycles. The molecule has 0 aliphatic carbocycles. The first-order valence-corrected chi connectivity index (χ1v) is 10.1. The molecule has 0 saturated carbocycles. The molecule has 138 valence electrons. The minimum absolute atomic E-state index is 1.08. The van der Waals surface area contributed by atoms with Gasteiger partial charge in [-0.05, 0) is 63.2 Å². The average Bonchev–Trinajstić information content (AvgIpc) is 2.60. The van der Waals surface area contributed by atoms with Crippen LogP contribution in [0.5, 0.6) is 0 Å². The summed E-state index contributed by atoms with van der Waals surface area (Å²) in [7, 11) is 0. The zero-order valence-corrected chi connectivity index (χ0v) is 16.8. The van der Waals surface area contributed by atoms with E-state index in [0.29, 0.717) is 0 Å². The van der Waals surface area contributed by atoms with E-state index >= 15 is 0 Å². The van der Waals surface area contributed by atoms with Gasteiger partial charge < -0.3 is 5.32 Å². The third-order valence-corrected chi connectivity index (χ3v) is 4.14. The highest BCUT2D eigenvalue weighted by Crippen LogP contribution is 2.10. The molecule has 0 aromatic heterocycles. The Balaban J connectivity index is 0.00000254. The molecule has 0 atom stereocenters. The standard InChI is InChI=1S/C21H35N.C2H6/c1-4-5-6-7-8-11-20-12-14-21(15-13-20)16-18-22-17-9-10-19(2)3;1-2/h12-15,22H,2,4-11,16-18H2,1,3H3;1-2H3. The number of aryl methyl sites for hydroxylation is 1. The first-order valence-electron chi connectivity index (χ1n) is 10.1. The van der Waals surface area contributed by atoms with Crippen LogP contribution < -0.4 is 5.32 Å². The maximum atomic E-state index is 3.94. The fraction of sp³-hybridized carbons (Fsp3) is 0.652. The second kappa shape index (κ2) is 16.8. The lowest BCUT2D eigenvalue weighted by Crippen LogP contribution is -2.18. The number of nitrogens with one attached hydrogen (secondary N) is 1. The minimum Gasteiger partial charge on any atom is -0.316 e. The molecule has 1 nitrogen and oxygen atoms in total. The van der Waals surface area contributed by atoms with Crippen LogP contribution in [0, 0.1) is 0 Å². The predicted octanol–water partition coefficient (Wildman–Crippen LogP) is 6.71. The SMILES string of the molecule is C=C(C)CCCNCCc1ccc(CCCCCCC)cc1.CC. The fourth-order valence-corrected chi connectivity index (χ4v) is 2.68. The molecular formula is C23H41N. The lowest BCUT2D eigenvalue weighted by Gasteiger charge is -2.06. The van der Waals surface area contributed by atoms with E-state index < -0.39 is 0 Å². The second-order valence-electron chi connectivity index (χ2n) is 6.54. The molecule has 0 fully saturated rings. The molecule has 24 heavy (non-hydrogen) atoms. The van der Waals surface area contributed by atoms with Gasteiger partial charge in [0.2, 0.25) is 0 Å². The number of hydrogen-bond donors (Lipinski definition) is 1. The molecule has 0 aliphatic rings. The molecule has 0 bridgehead atoms. The van der Waals surface area contributed by atoms with Crippen molar-refractivity contribution in [2.45, 2.75) is 85.5 Å². The molecule has 1 N–H and O–H groups in total. The van der Waals surface area contributed by atoms with Crippen molar-refractivity contribution in [1.82, 2.24) is 5.32 Å². The van der Waals surface area contributed by atoms with E-state index in [1.165, 1.54) is 61.6 Å². The van der Waals surface area contributed by atoms with E-state index in [1.807, 2.05) is 13.8 Å². The highest BCUT2D eigenvalue weighted by atomic mass is 14.8. The molecular weight excluding hydrogens is 290 g/mol. The van der Waals surface area contributed by atoms with E-state index in [4.69, 9.17) is 0 Å². The third kappa shape index (κ3) is 13.4. The smallest absolute Gasteiger partial charge is 0.000835 e. The quantitative estimate of drug-likeness (QED) is 0.313. The zero-order chi connectivity index (χ0) is 18.0. The van der Waals surface area contributed by atoms with Gasteiger partial charge in [0, 0.05) is 0 Å². The van der Waals surface area contributed by atoms with Crippen LogP contribution in [-0.4, -0.2) is 13.1 Å². The largest absolute Gasteiger partial charge is 0.316 e. The van der Waals surface area contributed by atoms with Crippen molar-refractivity contribution < 1.29 is 0 Å². The van der Waals surface area contributed by atoms with Crippen molar-refractivity contribution in [3.63, 3.8) is 0 Å². The Kier molecular flexibility index (Phi) is 16.0. The second-order valence-corrected chi connectivity index (χ2v) is 6.54. The molecule has 0 aliphatic heterocycles. The van der Waals surface area contributed by atoms with Crippen molar-refractivity contribution in [2.24, 2.45) is 0 Å². The maximum absolute atomic E-state index is 3.94. The average molecular weight is 332 g/mol. The number of benzene rings is 1. The van der Waals surface area contributed by atoms with E-state index in [-0.39, 0.29) is 0 Å². The van der Waals surface area contributed by atoms with Crippen molar-refractivity contribution >= 4 is 0 Å². The van der Waals surface area contributed by atoms with E-state index in [1.54, 1.807) is 0 Å². The van der Waals surface area contributed by atoms with Crippen molar-refractivity contribution in [3.8, 4) is 0 Å². The van der Waals surface area contributed by atoms with Crippen LogP contribution >= 0.6 is 0 Å². The van der Waals surface area contributed by atoms with E-state index in [9.17, 15) is 0 Å². The Morgan fingerprint density at radius 1 is 0.833 bits per heavy atom. The summed E-state index contributed by atoms with van der Waals surface area (Å²) in [6.45, 7) is 14.5. The molecule has 1 rings (SSSR count). The lowest BCUT2D eigenvalue weighted by atomic mass is 10.0. The van der Waals surface area contributed by atoms with Crippen LogP contribution in [0.25, 0.3) is 0 Å². The predicted molar refractivity (Wildman–Crippen MR) is 111 cm³/mol. The lowest BCUT2D eigenvalue weighted by molar-refractivity contribution is 0.632. The van der Waals surface area contributed by atoms with Gasteiger partial charge in [-0.3, -0.25) is 0 Å². The molecule has 0 radical (unpaired) electrons. The fourth-order valence-electron chi connectivity index (χ4n) is 2.68. The maximum Gasteiger partial charge on any atom is -0.000835 e. The summed E-state index contributed by atoms with van der Waals surface area (Å²) in [4.78, 5) is 0. The summed E-state index contributed by atoms with van der Waals surface area (Å²) in [6.07, 6.45) is 11.5. The Morgan fingerprint density at radius 3 is 2.00 bits per heavy atom. The molecule has 0 spiro atoms. The number of unbranched alkanes of at least 4 members (excludes halogenated alkanes) is 4. The Morgan fingerprint density at radius 2 is 1.42 bits per heavy atom. The summed E-state index contributed by atoms with van der Waals surface area (Å²) in [5.41, 5.74) is 4.23. The first-order chi connectivity index (χ1) is 11.7. The van der Waals surface area contributed by atoms with Crippen LogP contribution in [-0.2, 0) is 12.8 Å². The highest BCUT2D eigenvalue weighted by Gasteiger charge is 1.97. The van der Waals surface area contributed by atoms with Gasteiger partial charge in [0.25, 0.3) is 0 Å². The van der Waals surface area contributed by atoms with Crippen LogP contribution in [0.2, 0.25) is 0 Å². The third-order valence-electron chi connectivity index (χ3n) is 4.14. The van der Waals surface area contributed by atoms with Crippen molar-refractivity contribution in [3.05, 3.63) is 47.5 Å². The van der Waals surface area contributed by atoms with Gasteiger partial charge >= 0.3 is 0 Å². The highest BCUT2D eigenvalue weighted by molar-refractivity contribution is 5.22. The number of rotatable bonds is 13. The molecule has 0 unspecified atom stereocenters. The van der Waals surface area contributed by atoms with Gasteiger partial charge in [-0.1, -0.05) is 76.3 Å². The van der Waals surface area contributed by atoms with Gasteiger partial charge in [0.15, 0.2) is 0 Å². The molecule has 0 heterocycles. The Hall–Kier alpha value is -1.08. The summed E-state index contributed by atoms with van der Waals surface area (Å²) >= 11 is 0. The number of hydrogen-bond acceptors (Lipinski definition) is 1. The van der Waals surface area contributed by atoms with Crippen LogP contribution in [0.4, 0.5) is 0 Å². The molecule has 1 aromatic rings. The van der Waals surface area contributed by atoms with Gasteiger partial charge in [0.1, 0.15) is 0 Å². The normalized spacial score (nSPS) is 10.2. The van der Waals surface area contributed by atoms with E-state index in [0.717, 1.165) is 25.9 Å². The van der Waals surface area contributed by atoms with Crippen LogP contribution in [0.1, 0.15) is 83.8 Å². The van der Waals surface area contributed by atoms with Gasteiger partial charge in [-0.2, -0.15) is 0 Å². The summed E-state index contributed by atoms with van der Waals surface area (Å²) in [5, 5.41) is 3.52. The molecule has 1 aromatic carbocycles.